The lowest BCUT2D eigenvalue weighted by atomic mass is 10.1. The van der Waals surface area contributed by atoms with Crippen LogP contribution in [0.4, 0.5) is 11.5 Å². The lowest BCUT2D eigenvalue weighted by Gasteiger charge is -2.27. The molecule has 2 N–H and O–H groups in total. The first-order chi connectivity index (χ1) is 9.52. The van der Waals surface area contributed by atoms with Crippen LogP contribution >= 0.6 is 0 Å². The highest BCUT2D eigenvalue weighted by atomic mass is 16.5. The molecular formula is C15H23N3O2. The number of anilines is 2. The molecule has 1 aliphatic rings. The molecule has 1 aromatic rings. The van der Waals surface area contributed by atoms with E-state index in [1.165, 1.54) is 0 Å². The van der Waals surface area contributed by atoms with Crippen molar-refractivity contribution >= 4 is 17.5 Å². The van der Waals surface area contributed by atoms with Gasteiger partial charge in [-0.2, -0.15) is 0 Å². The lowest BCUT2D eigenvalue weighted by molar-refractivity contribution is 0.0526. The number of pyridine rings is 1. The second-order valence-corrected chi connectivity index (χ2v) is 5.64. The van der Waals surface area contributed by atoms with Gasteiger partial charge in [-0.05, 0) is 31.7 Å². The Balaban J connectivity index is 2.35. The molecule has 1 aliphatic carbocycles. The fourth-order valence-electron chi connectivity index (χ4n) is 2.25. The van der Waals surface area contributed by atoms with Crippen molar-refractivity contribution in [2.75, 3.05) is 23.8 Å². The minimum Gasteiger partial charge on any atom is -0.462 e. The second kappa shape index (κ2) is 6.11. The number of hydrogen-bond acceptors (Lipinski definition) is 5. The van der Waals surface area contributed by atoms with Crippen LogP contribution in [0.1, 0.15) is 44.0 Å². The van der Waals surface area contributed by atoms with Crippen LogP contribution in [0.3, 0.4) is 0 Å². The first kappa shape index (κ1) is 14.6. The standard InChI is InChI=1S/C15H23N3O2/c1-4-20-15(19)13-7-11(16)8-17-14(13)18(9-10(2)3)12-5-6-12/h7-8,10,12H,4-6,9,16H2,1-3H3. The number of ether oxygens (including phenoxy) is 1. The van der Waals surface area contributed by atoms with Crippen LogP contribution in [0.25, 0.3) is 0 Å². The topological polar surface area (TPSA) is 68.5 Å². The minimum atomic E-state index is -0.350. The summed E-state index contributed by atoms with van der Waals surface area (Å²) in [4.78, 5) is 18.7. The number of esters is 1. The molecule has 1 fully saturated rings. The van der Waals surface area contributed by atoms with Gasteiger partial charge in [-0.25, -0.2) is 9.78 Å². The van der Waals surface area contributed by atoms with E-state index in [2.05, 4.69) is 23.7 Å². The fraction of sp³-hybridized carbons (Fsp3) is 0.600. The molecule has 1 saturated carbocycles. The first-order valence-corrected chi connectivity index (χ1v) is 7.22. The zero-order valence-corrected chi connectivity index (χ0v) is 12.4. The van der Waals surface area contributed by atoms with Crippen LogP contribution in [-0.4, -0.2) is 30.1 Å². The number of carbonyl (C=O) groups is 1. The average molecular weight is 277 g/mol. The van der Waals surface area contributed by atoms with Crippen molar-refractivity contribution in [1.29, 1.82) is 0 Å². The number of carbonyl (C=O) groups excluding carboxylic acids is 1. The summed E-state index contributed by atoms with van der Waals surface area (Å²) in [7, 11) is 0. The van der Waals surface area contributed by atoms with Crippen molar-refractivity contribution in [1.82, 2.24) is 4.98 Å². The summed E-state index contributed by atoms with van der Waals surface area (Å²) in [5, 5.41) is 0. The summed E-state index contributed by atoms with van der Waals surface area (Å²) in [6.45, 7) is 7.35. The monoisotopic (exact) mass is 277 g/mol. The molecule has 0 bridgehead atoms. The van der Waals surface area contributed by atoms with Gasteiger partial charge in [0.25, 0.3) is 0 Å². The van der Waals surface area contributed by atoms with E-state index in [9.17, 15) is 4.79 Å². The smallest absolute Gasteiger partial charge is 0.341 e. The van der Waals surface area contributed by atoms with Gasteiger partial charge in [0.05, 0.1) is 18.5 Å². The maximum Gasteiger partial charge on any atom is 0.341 e. The highest BCUT2D eigenvalue weighted by Gasteiger charge is 2.33. The van der Waals surface area contributed by atoms with Crippen molar-refractivity contribution in [2.24, 2.45) is 5.92 Å². The summed E-state index contributed by atoms with van der Waals surface area (Å²) >= 11 is 0. The number of nitrogens with zero attached hydrogens (tertiary/aromatic N) is 2. The molecular weight excluding hydrogens is 254 g/mol. The third kappa shape index (κ3) is 3.40. The average Bonchev–Trinajstić information content (AvgIpc) is 3.20. The van der Waals surface area contributed by atoms with Crippen molar-refractivity contribution in [2.45, 2.75) is 39.7 Å². The minimum absolute atomic E-state index is 0.348. The maximum absolute atomic E-state index is 12.1. The molecule has 0 spiro atoms. The summed E-state index contributed by atoms with van der Waals surface area (Å²) in [5.74, 6) is 0.857. The highest BCUT2D eigenvalue weighted by Crippen LogP contribution is 2.33. The van der Waals surface area contributed by atoms with E-state index in [0.29, 0.717) is 35.6 Å². The lowest BCUT2D eigenvalue weighted by Crippen LogP contribution is -2.32. The van der Waals surface area contributed by atoms with E-state index in [0.717, 1.165) is 19.4 Å². The summed E-state index contributed by atoms with van der Waals surface area (Å²) in [6, 6.07) is 2.15. The molecule has 0 atom stereocenters. The SMILES string of the molecule is CCOC(=O)c1cc(N)cnc1N(CC(C)C)C1CC1. The van der Waals surface area contributed by atoms with E-state index in [-0.39, 0.29) is 5.97 Å². The Morgan fingerprint density at radius 3 is 2.80 bits per heavy atom. The molecule has 1 heterocycles. The van der Waals surface area contributed by atoms with Gasteiger partial charge in [0.1, 0.15) is 11.4 Å². The van der Waals surface area contributed by atoms with Crippen molar-refractivity contribution in [3.05, 3.63) is 17.8 Å². The van der Waals surface area contributed by atoms with E-state index >= 15 is 0 Å². The summed E-state index contributed by atoms with van der Waals surface area (Å²) < 4.78 is 5.12. The number of nitrogens with two attached hydrogens (primary N) is 1. The van der Waals surface area contributed by atoms with Gasteiger partial charge in [-0.3, -0.25) is 0 Å². The van der Waals surface area contributed by atoms with E-state index in [4.69, 9.17) is 10.5 Å². The Morgan fingerprint density at radius 1 is 1.55 bits per heavy atom. The Bertz CT molecular complexity index is 484. The number of hydrogen-bond donors (Lipinski definition) is 1. The molecule has 20 heavy (non-hydrogen) atoms. The number of aromatic nitrogens is 1. The van der Waals surface area contributed by atoms with Crippen LogP contribution in [0.5, 0.6) is 0 Å². The summed E-state index contributed by atoms with van der Waals surface area (Å²) in [5.41, 5.74) is 6.72. The van der Waals surface area contributed by atoms with Crippen molar-refractivity contribution in [3.63, 3.8) is 0 Å². The predicted molar refractivity (Wildman–Crippen MR) is 79.8 cm³/mol. The molecule has 5 heteroatoms. The van der Waals surface area contributed by atoms with Crippen molar-refractivity contribution in [3.8, 4) is 0 Å². The quantitative estimate of drug-likeness (QED) is 0.809. The summed E-state index contributed by atoms with van der Waals surface area (Å²) in [6.07, 6.45) is 3.91. The highest BCUT2D eigenvalue weighted by molar-refractivity contribution is 5.95. The van der Waals surface area contributed by atoms with Crippen LogP contribution in [0.15, 0.2) is 12.3 Å². The molecule has 2 rings (SSSR count). The van der Waals surface area contributed by atoms with Gasteiger partial charge in [0, 0.05) is 12.6 Å². The third-order valence-corrected chi connectivity index (χ3v) is 3.20. The normalized spacial score (nSPS) is 14.4. The van der Waals surface area contributed by atoms with Gasteiger partial charge in [0.2, 0.25) is 0 Å². The van der Waals surface area contributed by atoms with Gasteiger partial charge in [-0.15, -0.1) is 0 Å². The van der Waals surface area contributed by atoms with Crippen LogP contribution < -0.4 is 10.6 Å². The first-order valence-electron chi connectivity index (χ1n) is 7.22. The van der Waals surface area contributed by atoms with Gasteiger partial charge < -0.3 is 15.4 Å². The zero-order chi connectivity index (χ0) is 14.7. The molecule has 0 unspecified atom stereocenters. The Hall–Kier alpha value is -1.78. The molecule has 0 aliphatic heterocycles. The molecule has 5 nitrogen and oxygen atoms in total. The molecule has 1 aromatic heterocycles. The predicted octanol–water partition coefficient (Wildman–Crippen LogP) is 2.47. The molecule has 0 radical (unpaired) electrons. The number of rotatable bonds is 6. The van der Waals surface area contributed by atoms with Crippen LogP contribution in [0.2, 0.25) is 0 Å². The van der Waals surface area contributed by atoms with Crippen LogP contribution in [0, 0.1) is 5.92 Å². The zero-order valence-electron chi connectivity index (χ0n) is 12.4. The Labute approximate surface area is 120 Å². The van der Waals surface area contributed by atoms with Gasteiger partial charge >= 0.3 is 5.97 Å². The van der Waals surface area contributed by atoms with E-state index in [1.807, 2.05) is 0 Å². The second-order valence-electron chi connectivity index (χ2n) is 5.64. The van der Waals surface area contributed by atoms with Crippen LogP contribution in [-0.2, 0) is 4.74 Å². The Kier molecular flexibility index (Phi) is 4.47. The van der Waals surface area contributed by atoms with E-state index < -0.39 is 0 Å². The van der Waals surface area contributed by atoms with Gasteiger partial charge in [0.15, 0.2) is 0 Å². The fourth-order valence-corrected chi connectivity index (χ4v) is 2.25. The largest absolute Gasteiger partial charge is 0.462 e. The third-order valence-electron chi connectivity index (χ3n) is 3.20. The Morgan fingerprint density at radius 2 is 2.25 bits per heavy atom. The number of nitrogen functional groups attached to an aromatic ring is 1. The molecule has 110 valence electrons. The molecule has 0 saturated heterocycles. The van der Waals surface area contributed by atoms with Gasteiger partial charge in [-0.1, -0.05) is 13.8 Å². The van der Waals surface area contributed by atoms with E-state index in [1.54, 1.807) is 19.2 Å². The van der Waals surface area contributed by atoms with Crippen molar-refractivity contribution < 1.29 is 9.53 Å². The molecule has 0 aromatic carbocycles. The maximum atomic E-state index is 12.1. The molecule has 0 amide bonds.